The molecule has 0 amide bonds. The molecule has 1 aromatic rings. The monoisotopic (exact) mass is 341 g/mol. The van der Waals surface area contributed by atoms with E-state index in [0.29, 0.717) is 12.3 Å². The Morgan fingerprint density at radius 1 is 1.45 bits per heavy atom. The maximum Gasteiger partial charge on any atom is 0.417 e. The van der Waals surface area contributed by atoms with Gasteiger partial charge in [0.2, 0.25) is 0 Å². The van der Waals surface area contributed by atoms with E-state index in [1.807, 2.05) is 0 Å². The lowest BCUT2D eigenvalue weighted by Gasteiger charge is -2.21. The number of aliphatic hydroxyl groups is 3. The van der Waals surface area contributed by atoms with Crippen LogP contribution in [0.1, 0.15) is 5.56 Å². The molecular weight excluding hydrogens is 331 g/mol. The number of alkyl halides is 3. The predicted molar refractivity (Wildman–Crippen MR) is 68.6 cm³/mol. The molecule has 0 saturated carbocycles. The van der Waals surface area contributed by atoms with Gasteiger partial charge in [0.1, 0.15) is 11.5 Å². The van der Waals surface area contributed by atoms with Crippen molar-refractivity contribution in [2.75, 3.05) is 18.5 Å². The number of nitrogens with zero attached hydrogens (tertiary/aromatic N) is 1. The molecule has 1 aliphatic heterocycles. The maximum absolute atomic E-state index is 12.5. The van der Waals surface area contributed by atoms with E-state index in [1.165, 1.54) is 0 Å². The van der Waals surface area contributed by atoms with Gasteiger partial charge in [-0.15, -0.1) is 0 Å². The number of aliphatic hydroxyl groups excluding tert-OH is 2. The molecular formula is C11H11ClF3N3O4. The van der Waals surface area contributed by atoms with Crippen molar-refractivity contribution in [3.8, 4) is 0 Å². The van der Waals surface area contributed by atoms with Gasteiger partial charge in [-0.2, -0.15) is 13.2 Å². The Bertz CT molecular complexity index is 611. The zero-order valence-corrected chi connectivity index (χ0v) is 11.5. The van der Waals surface area contributed by atoms with Gasteiger partial charge in [-0.1, -0.05) is 11.6 Å². The molecule has 2 rings (SSSR count). The first-order chi connectivity index (χ1) is 10.2. The standard InChI is InChI=1S/C11H11ClF3N3O4/c12-6-1-5(11(13,14)15)2-16-9(6)17-4-10(21)8(20)7(3-19)18-22-10/h1-2,18-21H,3-4H2,(H,16,17). The summed E-state index contributed by atoms with van der Waals surface area (Å²) in [6.45, 7) is -1.08. The number of nitrogens with one attached hydrogen (secondary N) is 2. The van der Waals surface area contributed by atoms with Crippen LogP contribution in [0.3, 0.4) is 0 Å². The number of pyridine rings is 1. The Labute approximate surface area is 126 Å². The number of halogens is 4. The van der Waals surface area contributed by atoms with Crippen molar-refractivity contribution in [1.29, 1.82) is 0 Å². The van der Waals surface area contributed by atoms with Gasteiger partial charge in [-0.25, -0.2) is 9.82 Å². The molecule has 122 valence electrons. The van der Waals surface area contributed by atoms with Gasteiger partial charge in [0.05, 0.1) is 23.7 Å². The lowest BCUT2D eigenvalue weighted by molar-refractivity contribution is -0.193. The Kier molecular flexibility index (Phi) is 4.38. The molecule has 2 heterocycles. The Hall–Kier alpha value is -1.75. The second-order valence-electron chi connectivity index (χ2n) is 4.38. The number of aromatic nitrogens is 1. The highest BCUT2D eigenvalue weighted by Crippen LogP contribution is 2.33. The lowest BCUT2D eigenvalue weighted by atomic mass is 10.2. The minimum Gasteiger partial charge on any atom is -0.505 e. The Balaban J connectivity index is 2.11. The van der Waals surface area contributed by atoms with E-state index >= 15 is 0 Å². The fourth-order valence-corrected chi connectivity index (χ4v) is 1.87. The molecule has 7 nitrogen and oxygen atoms in total. The molecule has 1 unspecified atom stereocenters. The van der Waals surface area contributed by atoms with Gasteiger partial charge in [0.15, 0.2) is 5.76 Å². The average Bonchev–Trinajstić information content (AvgIpc) is 2.73. The van der Waals surface area contributed by atoms with Crippen molar-refractivity contribution in [2.24, 2.45) is 0 Å². The van der Waals surface area contributed by atoms with Gasteiger partial charge >= 0.3 is 6.18 Å². The van der Waals surface area contributed by atoms with E-state index in [4.69, 9.17) is 21.5 Å². The zero-order chi connectivity index (χ0) is 16.5. The molecule has 0 fully saturated rings. The van der Waals surface area contributed by atoms with Crippen LogP contribution >= 0.6 is 11.6 Å². The number of rotatable bonds is 4. The Morgan fingerprint density at radius 3 is 2.64 bits per heavy atom. The summed E-state index contributed by atoms with van der Waals surface area (Å²) in [6.07, 6.45) is -4.01. The fraction of sp³-hybridized carbons (Fsp3) is 0.364. The summed E-state index contributed by atoms with van der Waals surface area (Å²) in [5.41, 5.74) is 0.949. The second kappa shape index (κ2) is 5.80. The van der Waals surface area contributed by atoms with E-state index < -0.39 is 36.4 Å². The third kappa shape index (κ3) is 3.19. The van der Waals surface area contributed by atoms with Crippen molar-refractivity contribution >= 4 is 17.4 Å². The molecule has 0 bridgehead atoms. The minimum atomic E-state index is -4.58. The first-order valence-electron chi connectivity index (χ1n) is 5.84. The maximum atomic E-state index is 12.5. The molecule has 5 N–H and O–H groups in total. The summed E-state index contributed by atoms with van der Waals surface area (Å²) in [4.78, 5) is 8.21. The summed E-state index contributed by atoms with van der Waals surface area (Å²) in [6, 6.07) is 0.670. The number of anilines is 1. The van der Waals surface area contributed by atoms with Crippen LogP contribution in [0.25, 0.3) is 0 Å². The molecule has 1 atom stereocenters. The zero-order valence-electron chi connectivity index (χ0n) is 10.8. The molecule has 0 aliphatic carbocycles. The molecule has 0 saturated heterocycles. The van der Waals surface area contributed by atoms with E-state index in [1.54, 1.807) is 0 Å². The molecule has 1 aromatic heterocycles. The molecule has 0 radical (unpaired) electrons. The Morgan fingerprint density at radius 2 is 2.14 bits per heavy atom. The van der Waals surface area contributed by atoms with E-state index in [2.05, 4.69) is 15.8 Å². The molecule has 11 heteroatoms. The second-order valence-corrected chi connectivity index (χ2v) is 4.79. The van der Waals surface area contributed by atoms with Crippen molar-refractivity contribution < 1.29 is 33.3 Å². The van der Waals surface area contributed by atoms with Crippen molar-refractivity contribution in [1.82, 2.24) is 10.5 Å². The summed E-state index contributed by atoms with van der Waals surface area (Å²) in [5.74, 6) is -3.02. The first-order valence-corrected chi connectivity index (χ1v) is 6.21. The fourth-order valence-electron chi connectivity index (χ4n) is 1.63. The summed E-state index contributed by atoms with van der Waals surface area (Å²) >= 11 is 5.68. The smallest absolute Gasteiger partial charge is 0.417 e. The van der Waals surface area contributed by atoms with Crippen LogP contribution in [0.5, 0.6) is 0 Å². The molecule has 0 aromatic carbocycles. The third-order valence-electron chi connectivity index (χ3n) is 2.82. The van der Waals surface area contributed by atoms with Crippen LogP contribution in [-0.4, -0.2) is 39.2 Å². The highest BCUT2D eigenvalue weighted by atomic mass is 35.5. The predicted octanol–water partition coefficient (Wildman–Crippen LogP) is 1.15. The number of hydrogen-bond donors (Lipinski definition) is 5. The quantitative estimate of drug-likeness (QED) is 0.559. The highest BCUT2D eigenvalue weighted by Gasteiger charge is 2.42. The minimum absolute atomic E-state index is 0.142. The molecule has 1 aliphatic rings. The van der Waals surface area contributed by atoms with Gasteiger partial charge in [-0.05, 0) is 6.07 Å². The van der Waals surface area contributed by atoms with Gasteiger partial charge in [-0.3, -0.25) is 5.48 Å². The highest BCUT2D eigenvalue weighted by molar-refractivity contribution is 6.32. The summed E-state index contributed by atoms with van der Waals surface area (Å²) in [7, 11) is 0. The van der Waals surface area contributed by atoms with Crippen LogP contribution in [0.15, 0.2) is 23.7 Å². The lowest BCUT2D eigenvalue weighted by Crippen LogP contribution is -2.40. The third-order valence-corrected chi connectivity index (χ3v) is 3.11. The van der Waals surface area contributed by atoms with Crippen molar-refractivity contribution in [3.63, 3.8) is 0 Å². The van der Waals surface area contributed by atoms with Crippen LogP contribution in [-0.2, 0) is 11.0 Å². The SMILES string of the molecule is OCC1=C(O)C(O)(CNc2ncc(C(F)(F)F)cc2Cl)ON1. The summed E-state index contributed by atoms with van der Waals surface area (Å²) < 4.78 is 37.4. The van der Waals surface area contributed by atoms with E-state index in [9.17, 15) is 23.4 Å². The van der Waals surface area contributed by atoms with Crippen LogP contribution in [0.2, 0.25) is 5.02 Å². The van der Waals surface area contributed by atoms with Gasteiger partial charge < -0.3 is 20.6 Å². The molecule has 22 heavy (non-hydrogen) atoms. The van der Waals surface area contributed by atoms with Crippen molar-refractivity contribution in [3.05, 3.63) is 34.3 Å². The van der Waals surface area contributed by atoms with Crippen LogP contribution < -0.4 is 10.8 Å². The number of hydrogen-bond acceptors (Lipinski definition) is 7. The largest absolute Gasteiger partial charge is 0.505 e. The van der Waals surface area contributed by atoms with Crippen LogP contribution in [0, 0.1) is 0 Å². The van der Waals surface area contributed by atoms with E-state index in [0.717, 1.165) is 0 Å². The summed E-state index contributed by atoms with van der Waals surface area (Å²) in [5, 5.41) is 30.6. The van der Waals surface area contributed by atoms with Gasteiger partial charge in [0.25, 0.3) is 5.79 Å². The number of hydroxylamine groups is 1. The first kappa shape index (κ1) is 16.6. The van der Waals surface area contributed by atoms with Crippen LogP contribution in [0.4, 0.5) is 19.0 Å². The van der Waals surface area contributed by atoms with Gasteiger partial charge in [0, 0.05) is 6.20 Å². The normalized spacial score (nSPS) is 21.9. The topological polar surface area (TPSA) is 107 Å². The van der Waals surface area contributed by atoms with E-state index in [-0.39, 0.29) is 16.5 Å². The molecule has 0 spiro atoms. The average molecular weight is 342 g/mol. The van der Waals surface area contributed by atoms with Crippen molar-refractivity contribution in [2.45, 2.75) is 12.0 Å².